The maximum absolute atomic E-state index is 3.79. The van der Waals surface area contributed by atoms with Crippen molar-refractivity contribution in [3.63, 3.8) is 0 Å². The second kappa shape index (κ2) is 26.7. The molecule has 0 N–H and O–H groups in total. The van der Waals surface area contributed by atoms with Gasteiger partial charge in [-0.2, -0.15) is 0 Å². The molecule has 0 heterocycles. The molecule has 0 amide bonds. The first-order valence-corrected chi connectivity index (χ1v) is 24.9. The summed E-state index contributed by atoms with van der Waals surface area (Å²) in [6.07, 6.45) is 41.3. The Balaban J connectivity index is 1.10. The summed E-state index contributed by atoms with van der Waals surface area (Å²) in [5.41, 5.74) is 19.7. The summed E-state index contributed by atoms with van der Waals surface area (Å²) in [6, 6.07) is 43.4. The topological polar surface area (TPSA) is 6.48 Å². The summed E-state index contributed by atoms with van der Waals surface area (Å²) < 4.78 is 0. The highest BCUT2D eigenvalue weighted by Crippen LogP contribution is 2.37. The van der Waals surface area contributed by atoms with Crippen LogP contribution >= 0.6 is 0 Å². The Labute approximate surface area is 426 Å². The zero-order valence-electron chi connectivity index (χ0n) is 43.4. The second-order valence-electron chi connectivity index (χ2n) is 18.1. The third-order valence-corrected chi connectivity index (χ3v) is 13.1. The van der Waals surface area contributed by atoms with Gasteiger partial charge in [-0.25, -0.2) is 0 Å². The first-order valence-electron chi connectivity index (χ1n) is 24.9. The first-order chi connectivity index (χ1) is 34.5. The largest absolute Gasteiger partial charge is 0.321 e. The monoisotopic (exact) mass is 929 g/mol. The lowest BCUT2D eigenvalue weighted by molar-refractivity contribution is 0.899. The summed E-state index contributed by atoms with van der Waals surface area (Å²) in [4.78, 5) is 4.53. The van der Waals surface area contributed by atoms with Crippen LogP contribution in [0.5, 0.6) is 0 Å². The van der Waals surface area contributed by atoms with E-state index in [-0.39, 0.29) is 0 Å². The average Bonchev–Trinajstić information content (AvgIpc) is 3.41. The number of allylic oxidation sites excluding steroid dienone is 26. The molecule has 0 saturated heterocycles. The fourth-order valence-corrected chi connectivity index (χ4v) is 8.29. The average molecular weight is 929 g/mol. The van der Waals surface area contributed by atoms with Crippen molar-refractivity contribution < 1.29 is 0 Å². The molecule has 1 aliphatic rings. The molecule has 5 aromatic carbocycles. The molecule has 0 unspecified atom stereocenters. The van der Waals surface area contributed by atoms with Gasteiger partial charge in [-0.1, -0.05) is 184 Å². The van der Waals surface area contributed by atoms with Crippen molar-refractivity contribution in [3.8, 4) is 0 Å². The van der Waals surface area contributed by atoms with E-state index < -0.39 is 0 Å². The fourth-order valence-electron chi connectivity index (χ4n) is 8.29. The van der Waals surface area contributed by atoms with Crippen LogP contribution in [0.25, 0.3) is 22.4 Å². The molecular formula is C69H72N2. The Morgan fingerprint density at radius 1 is 0.479 bits per heavy atom. The minimum absolute atomic E-state index is 0.993. The zero-order valence-corrected chi connectivity index (χ0v) is 43.4. The van der Waals surface area contributed by atoms with Crippen LogP contribution in [-0.2, 0) is 0 Å². The molecule has 0 saturated carbocycles. The molecule has 0 atom stereocenters. The predicted octanol–water partition coefficient (Wildman–Crippen LogP) is 20.3. The van der Waals surface area contributed by atoms with Crippen molar-refractivity contribution in [1.82, 2.24) is 0 Å². The van der Waals surface area contributed by atoms with Crippen LogP contribution < -0.4 is 9.80 Å². The minimum Gasteiger partial charge on any atom is -0.321 e. The number of para-hydroxylation sites is 1. The van der Waals surface area contributed by atoms with E-state index in [1.165, 1.54) is 66.5 Å². The van der Waals surface area contributed by atoms with Gasteiger partial charge in [0.25, 0.3) is 0 Å². The van der Waals surface area contributed by atoms with Gasteiger partial charge in [0.05, 0.1) is 0 Å². The van der Waals surface area contributed by atoms with E-state index in [0.29, 0.717) is 0 Å². The van der Waals surface area contributed by atoms with Crippen molar-refractivity contribution in [1.29, 1.82) is 0 Å². The molecular weight excluding hydrogens is 857 g/mol. The summed E-state index contributed by atoms with van der Waals surface area (Å²) in [7, 11) is 0. The summed E-state index contributed by atoms with van der Waals surface area (Å²) >= 11 is 0. The number of rotatable bonds is 20. The van der Waals surface area contributed by atoms with Crippen LogP contribution in [-0.4, -0.2) is 0 Å². The Hall–Kier alpha value is -7.94. The van der Waals surface area contributed by atoms with Crippen molar-refractivity contribution in [2.45, 2.75) is 74.7 Å². The van der Waals surface area contributed by atoms with Crippen LogP contribution in [0.15, 0.2) is 288 Å². The van der Waals surface area contributed by atoms with Gasteiger partial charge in [0, 0.05) is 34.6 Å². The molecule has 0 bridgehead atoms. The van der Waals surface area contributed by atoms with Crippen LogP contribution in [0.4, 0.5) is 22.7 Å². The van der Waals surface area contributed by atoms with Crippen LogP contribution in [0.1, 0.15) is 85.8 Å². The number of nitrogens with zero attached hydrogens (tertiary/aromatic N) is 2. The molecule has 0 spiro atoms. The molecule has 0 fully saturated rings. The number of anilines is 4. The smallest absolute Gasteiger partial charge is 0.0468 e. The van der Waals surface area contributed by atoms with Gasteiger partial charge in [0.1, 0.15) is 0 Å². The Kier molecular flexibility index (Phi) is 19.7. The van der Waals surface area contributed by atoms with Crippen LogP contribution in [0, 0.1) is 0 Å². The Morgan fingerprint density at radius 3 is 1.66 bits per heavy atom. The van der Waals surface area contributed by atoms with E-state index in [9.17, 15) is 0 Å². The van der Waals surface area contributed by atoms with Crippen molar-refractivity contribution in [2.75, 3.05) is 9.80 Å². The standard InChI is InChI=1S/C69H72N2/c1-11-14-16-22-50-70(66-45-35-59(36-46-66)23-15-12-2)58(10)34-32-55(7)53(5)29-28-52(4)54(6)30-31-56(8)61-38-40-64(41-39-61)60(13-3)37-33-57(9)62-42-47-68(48-43-62)71(67-26-18-17-19-27-67)69-49-44-63-24-20-21-25-65(63)51-69/h11-12,14-38,40,42-51H,1-2,13,39,41H2,3-10H3/b16-14-,23-15-,50-22+,52-28+,53-29+,54-30+,55-32+,56-31+,57-33+,58-34+,60-37+. The molecule has 2 nitrogen and oxygen atoms in total. The van der Waals surface area contributed by atoms with E-state index in [0.717, 1.165) is 53.3 Å². The molecule has 6 rings (SSSR count). The highest BCUT2D eigenvalue weighted by molar-refractivity contribution is 5.89. The molecule has 71 heavy (non-hydrogen) atoms. The van der Waals surface area contributed by atoms with Gasteiger partial charge in [-0.05, 0) is 200 Å². The third kappa shape index (κ3) is 15.0. The highest BCUT2D eigenvalue weighted by atomic mass is 15.1. The zero-order chi connectivity index (χ0) is 50.5. The van der Waals surface area contributed by atoms with Gasteiger partial charge in [-0.3, -0.25) is 0 Å². The quantitative estimate of drug-likeness (QED) is 0.0718. The molecule has 2 heteroatoms. The lowest BCUT2D eigenvalue weighted by Crippen LogP contribution is -2.12. The maximum atomic E-state index is 3.79. The second-order valence-corrected chi connectivity index (χ2v) is 18.1. The lowest BCUT2D eigenvalue weighted by atomic mass is 9.88. The van der Waals surface area contributed by atoms with E-state index in [4.69, 9.17) is 0 Å². The number of hydrogen-bond donors (Lipinski definition) is 0. The maximum Gasteiger partial charge on any atom is 0.0468 e. The van der Waals surface area contributed by atoms with E-state index in [1.807, 2.05) is 24.3 Å². The summed E-state index contributed by atoms with van der Waals surface area (Å²) in [5.74, 6) is 0. The van der Waals surface area contributed by atoms with Crippen LogP contribution in [0.3, 0.4) is 0 Å². The van der Waals surface area contributed by atoms with Gasteiger partial charge < -0.3 is 9.80 Å². The minimum atomic E-state index is 0.993. The summed E-state index contributed by atoms with van der Waals surface area (Å²) in [5, 5.41) is 2.47. The van der Waals surface area contributed by atoms with E-state index >= 15 is 0 Å². The third-order valence-electron chi connectivity index (χ3n) is 13.1. The lowest BCUT2D eigenvalue weighted by Gasteiger charge is -2.26. The molecule has 358 valence electrons. The SMILES string of the molecule is C=C/C=C\C=C\N(/C(C)=C/C=C(C)/C(C)=C/C=C(C)/C(C)=C/C=C(\C)C1=CC=C(/C(=C/C=C(\C)c2ccc(N(c3ccccc3)c3ccc4ccccc4c3)cc2)CC)CC1)c1ccc(/C=C\C=C)cc1. The molecule has 1 aliphatic carbocycles. The molecule has 0 radical (unpaired) electrons. The van der Waals surface area contributed by atoms with Gasteiger partial charge in [0.15, 0.2) is 0 Å². The van der Waals surface area contributed by atoms with Crippen molar-refractivity contribution in [2.24, 2.45) is 0 Å². The number of benzene rings is 5. The number of hydrogen-bond acceptors (Lipinski definition) is 2. The highest BCUT2D eigenvalue weighted by Gasteiger charge is 2.14. The predicted molar refractivity (Wildman–Crippen MR) is 315 cm³/mol. The summed E-state index contributed by atoms with van der Waals surface area (Å²) in [6.45, 7) is 25.2. The Morgan fingerprint density at radius 2 is 1.03 bits per heavy atom. The normalized spacial score (nSPS) is 14.9. The van der Waals surface area contributed by atoms with Crippen molar-refractivity contribution in [3.05, 3.63) is 299 Å². The Bertz CT molecular complexity index is 3070. The van der Waals surface area contributed by atoms with E-state index in [2.05, 4.69) is 273 Å². The van der Waals surface area contributed by atoms with Gasteiger partial charge in [-0.15, -0.1) is 0 Å². The van der Waals surface area contributed by atoms with Gasteiger partial charge in [0.2, 0.25) is 0 Å². The van der Waals surface area contributed by atoms with Crippen LogP contribution in [0.2, 0.25) is 0 Å². The fraction of sp³-hybridized carbons (Fsp3) is 0.159. The molecule has 0 aliphatic heterocycles. The first kappa shape index (κ1) is 52.4. The number of fused-ring (bicyclic) bond motifs is 1. The van der Waals surface area contributed by atoms with E-state index in [1.54, 1.807) is 12.2 Å². The van der Waals surface area contributed by atoms with Crippen molar-refractivity contribution >= 4 is 45.2 Å². The molecule has 5 aromatic rings. The molecule has 0 aromatic heterocycles. The van der Waals surface area contributed by atoms with Gasteiger partial charge >= 0.3 is 0 Å².